The van der Waals surface area contributed by atoms with E-state index < -0.39 is 11.2 Å². The Morgan fingerprint density at radius 2 is 1.62 bits per heavy atom. The van der Waals surface area contributed by atoms with E-state index in [1.807, 2.05) is 54.6 Å². The van der Waals surface area contributed by atoms with E-state index in [-0.39, 0.29) is 22.2 Å². The molecule has 0 aliphatic carbocycles. The maximum Gasteiger partial charge on any atom is 0.335 e. The van der Waals surface area contributed by atoms with Crippen molar-refractivity contribution in [2.24, 2.45) is 0 Å². The Balaban J connectivity index is 1.61. The van der Waals surface area contributed by atoms with Gasteiger partial charge in [-0.05, 0) is 67.7 Å². The van der Waals surface area contributed by atoms with Crippen molar-refractivity contribution in [2.75, 3.05) is 16.0 Å². The predicted molar refractivity (Wildman–Crippen MR) is 135 cm³/mol. The molecule has 32 heavy (non-hydrogen) atoms. The summed E-state index contributed by atoms with van der Waals surface area (Å²) in [5, 5.41) is 18.3. The smallest absolute Gasteiger partial charge is 0.335 e. The molecule has 0 heterocycles. The molecule has 9 heteroatoms. The molecule has 3 aromatic rings. The van der Waals surface area contributed by atoms with Gasteiger partial charge >= 0.3 is 5.97 Å². The van der Waals surface area contributed by atoms with Crippen LogP contribution in [0.15, 0.2) is 77.7 Å². The van der Waals surface area contributed by atoms with E-state index in [2.05, 4.69) is 16.0 Å². The van der Waals surface area contributed by atoms with Crippen LogP contribution in [0.5, 0.6) is 0 Å². The van der Waals surface area contributed by atoms with E-state index in [1.165, 1.54) is 30.0 Å². The summed E-state index contributed by atoms with van der Waals surface area (Å²) in [6, 6.07) is 21.3. The van der Waals surface area contributed by atoms with Gasteiger partial charge in [0.05, 0.1) is 21.5 Å². The lowest BCUT2D eigenvalue weighted by atomic mass is 10.2. The van der Waals surface area contributed by atoms with Crippen molar-refractivity contribution in [3.05, 3.63) is 83.4 Å². The van der Waals surface area contributed by atoms with Crippen molar-refractivity contribution in [1.82, 2.24) is 0 Å². The number of hydrogen-bond donors (Lipinski definition) is 4. The summed E-state index contributed by atoms with van der Waals surface area (Å²) in [5.41, 5.74) is 1.97. The molecule has 164 valence electrons. The normalized spacial score (nSPS) is 11.3. The summed E-state index contributed by atoms with van der Waals surface area (Å²) in [5.74, 6) is -1.39. The number of thioether (sulfide) groups is 1. The van der Waals surface area contributed by atoms with E-state index in [9.17, 15) is 9.59 Å². The molecule has 1 atom stereocenters. The SMILES string of the molecule is CC(Sc1cccc(NC(=S)Nc2ccccc2)c1)C(=O)Nc1cc(C(=O)O)ccc1Cl. The van der Waals surface area contributed by atoms with Gasteiger partial charge in [0.1, 0.15) is 0 Å². The minimum absolute atomic E-state index is 0.0452. The first-order chi connectivity index (χ1) is 15.3. The number of rotatable bonds is 7. The Morgan fingerprint density at radius 1 is 0.938 bits per heavy atom. The summed E-state index contributed by atoms with van der Waals surface area (Å²) < 4.78 is 0. The van der Waals surface area contributed by atoms with Crippen LogP contribution in [0.3, 0.4) is 0 Å². The van der Waals surface area contributed by atoms with E-state index in [0.29, 0.717) is 5.11 Å². The fourth-order valence-corrected chi connectivity index (χ4v) is 4.04. The van der Waals surface area contributed by atoms with Gasteiger partial charge in [0.15, 0.2) is 5.11 Å². The molecule has 0 spiro atoms. The summed E-state index contributed by atoms with van der Waals surface area (Å²) in [6.07, 6.45) is 0. The Morgan fingerprint density at radius 3 is 2.34 bits per heavy atom. The second kappa shape index (κ2) is 11.0. The number of anilines is 3. The van der Waals surface area contributed by atoms with Gasteiger partial charge in [-0.25, -0.2) is 4.79 Å². The van der Waals surface area contributed by atoms with Gasteiger partial charge in [0, 0.05) is 16.3 Å². The third kappa shape index (κ3) is 6.71. The first kappa shape index (κ1) is 23.6. The molecule has 0 aliphatic rings. The minimum atomic E-state index is -1.09. The lowest BCUT2D eigenvalue weighted by Crippen LogP contribution is -2.22. The molecule has 3 rings (SSSR count). The first-order valence-corrected chi connectivity index (χ1v) is 11.2. The van der Waals surface area contributed by atoms with Crippen LogP contribution in [-0.4, -0.2) is 27.3 Å². The molecule has 0 aromatic heterocycles. The van der Waals surface area contributed by atoms with Crippen molar-refractivity contribution in [3.8, 4) is 0 Å². The Kier molecular flexibility index (Phi) is 8.10. The van der Waals surface area contributed by atoms with Crippen molar-refractivity contribution >= 4 is 69.6 Å². The van der Waals surface area contributed by atoms with Gasteiger partial charge in [-0.15, -0.1) is 11.8 Å². The standard InChI is InChI=1S/C23H20ClN3O3S2/c1-14(21(28)27-20-12-15(22(29)30)10-11-19(20)24)32-18-9-5-8-17(13-18)26-23(31)25-16-6-3-2-4-7-16/h2-14H,1H3,(H,27,28)(H,29,30)(H2,25,26,31). The maximum atomic E-state index is 12.6. The van der Waals surface area contributed by atoms with Crippen LogP contribution in [-0.2, 0) is 4.79 Å². The Labute approximate surface area is 200 Å². The number of hydrogen-bond acceptors (Lipinski definition) is 4. The van der Waals surface area contributed by atoms with Crippen LogP contribution in [0.2, 0.25) is 5.02 Å². The lowest BCUT2D eigenvalue weighted by molar-refractivity contribution is -0.115. The number of thiocarbonyl (C=S) groups is 1. The number of carbonyl (C=O) groups is 2. The number of carboxylic acids is 1. The number of aromatic carboxylic acids is 1. The zero-order valence-corrected chi connectivity index (χ0v) is 19.4. The van der Waals surface area contributed by atoms with Crippen molar-refractivity contribution in [3.63, 3.8) is 0 Å². The monoisotopic (exact) mass is 485 g/mol. The van der Waals surface area contributed by atoms with Gasteiger partial charge in [0.25, 0.3) is 0 Å². The van der Waals surface area contributed by atoms with Gasteiger partial charge in [-0.3, -0.25) is 4.79 Å². The predicted octanol–water partition coefficient (Wildman–Crippen LogP) is 5.97. The Hall–Kier alpha value is -3.07. The van der Waals surface area contributed by atoms with Crippen molar-refractivity contribution in [2.45, 2.75) is 17.1 Å². The molecule has 0 bridgehead atoms. The molecule has 0 fully saturated rings. The van der Waals surface area contributed by atoms with E-state index in [4.69, 9.17) is 28.9 Å². The third-order valence-electron chi connectivity index (χ3n) is 4.28. The zero-order chi connectivity index (χ0) is 23.1. The van der Waals surface area contributed by atoms with Crippen molar-refractivity contribution in [1.29, 1.82) is 0 Å². The molecule has 1 amide bonds. The Bertz CT molecular complexity index is 1140. The van der Waals surface area contributed by atoms with Gasteiger partial charge in [0.2, 0.25) is 5.91 Å². The minimum Gasteiger partial charge on any atom is -0.478 e. The number of amides is 1. The van der Waals surface area contributed by atoms with Crippen LogP contribution in [0.1, 0.15) is 17.3 Å². The average Bonchev–Trinajstić information content (AvgIpc) is 2.76. The van der Waals surface area contributed by atoms with E-state index >= 15 is 0 Å². The second-order valence-corrected chi connectivity index (χ2v) is 8.95. The van der Waals surface area contributed by atoms with Gasteiger partial charge in [-0.2, -0.15) is 0 Å². The molecule has 6 nitrogen and oxygen atoms in total. The molecule has 0 saturated carbocycles. The van der Waals surface area contributed by atoms with Crippen LogP contribution < -0.4 is 16.0 Å². The number of carboxylic acid groups (broad SMARTS) is 1. The molecular formula is C23H20ClN3O3S2. The fraction of sp³-hybridized carbons (Fsp3) is 0.0870. The highest BCUT2D eigenvalue weighted by Gasteiger charge is 2.17. The number of carbonyl (C=O) groups excluding carboxylic acids is 1. The lowest BCUT2D eigenvalue weighted by Gasteiger charge is -2.15. The highest BCUT2D eigenvalue weighted by molar-refractivity contribution is 8.00. The summed E-state index contributed by atoms with van der Waals surface area (Å²) in [4.78, 5) is 24.7. The topological polar surface area (TPSA) is 90.5 Å². The number of halogens is 1. The van der Waals surface area contributed by atoms with E-state index in [0.717, 1.165) is 16.3 Å². The van der Waals surface area contributed by atoms with Crippen LogP contribution in [0.25, 0.3) is 0 Å². The number of nitrogens with one attached hydrogen (secondary N) is 3. The van der Waals surface area contributed by atoms with E-state index in [1.54, 1.807) is 6.92 Å². The first-order valence-electron chi connectivity index (χ1n) is 9.55. The molecular weight excluding hydrogens is 466 g/mol. The van der Waals surface area contributed by atoms with Crippen LogP contribution in [0.4, 0.5) is 17.1 Å². The quantitative estimate of drug-likeness (QED) is 0.242. The zero-order valence-electron chi connectivity index (χ0n) is 17.0. The highest BCUT2D eigenvalue weighted by Crippen LogP contribution is 2.28. The molecule has 1 unspecified atom stereocenters. The largest absolute Gasteiger partial charge is 0.478 e. The van der Waals surface area contributed by atoms with Gasteiger partial charge < -0.3 is 21.1 Å². The molecule has 3 aromatic carbocycles. The summed E-state index contributed by atoms with van der Waals surface area (Å²) in [7, 11) is 0. The third-order valence-corrected chi connectivity index (χ3v) is 5.90. The summed E-state index contributed by atoms with van der Waals surface area (Å²) >= 11 is 12.8. The second-order valence-electron chi connectivity index (χ2n) is 6.72. The molecule has 0 aliphatic heterocycles. The number of para-hydroxylation sites is 1. The fourth-order valence-electron chi connectivity index (χ4n) is 2.71. The molecule has 0 radical (unpaired) electrons. The average molecular weight is 486 g/mol. The van der Waals surface area contributed by atoms with Gasteiger partial charge in [-0.1, -0.05) is 35.9 Å². The molecule has 0 saturated heterocycles. The van der Waals surface area contributed by atoms with Crippen LogP contribution >= 0.6 is 35.6 Å². The maximum absolute atomic E-state index is 12.6. The van der Waals surface area contributed by atoms with Crippen molar-refractivity contribution < 1.29 is 14.7 Å². The summed E-state index contributed by atoms with van der Waals surface area (Å²) in [6.45, 7) is 1.76. The highest BCUT2D eigenvalue weighted by atomic mass is 35.5. The van der Waals surface area contributed by atoms with Crippen LogP contribution in [0, 0.1) is 0 Å². The number of benzene rings is 3. The molecule has 4 N–H and O–H groups in total.